The van der Waals surface area contributed by atoms with Crippen LogP contribution in [0.5, 0.6) is 0 Å². The number of rotatable bonds is 7. The molecule has 1 aromatic carbocycles. The zero-order valence-electron chi connectivity index (χ0n) is 11.8. The quantitative estimate of drug-likeness (QED) is 0.597. The van der Waals surface area contributed by atoms with Crippen LogP contribution in [0.25, 0.3) is 0 Å². The van der Waals surface area contributed by atoms with Gasteiger partial charge < -0.3 is 5.32 Å². The van der Waals surface area contributed by atoms with Crippen molar-refractivity contribution in [1.82, 2.24) is 5.32 Å². The van der Waals surface area contributed by atoms with Crippen molar-refractivity contribution in [3.8, 4) is 0 Å². The molecule has 0 fully saturated rings. The summed E-state index contributed by atoms with van der Waals surface area (Å²) in [6.07, 6.45) is 5.26. The molecular formula is C14H25NO3S. The average molecular weight is 287 g/mol. The van der Waals surface area contributed by atoms with E-state index in [2.05, 4.69) is 19.2 Å². The second kappa shape index (κ2) is 11.0. The van der Waals surface area contributed by atoms with Crippen LogP contribution in [0.1, 0.15) is 39.5 Å². The van der Waals surface area contributed by atoms with Crippen molar-refractivity contribution in [3.63, 3.8) is 0 Å². The zero-order chi connectivity index (χ0) is 14.6. The molecule has 110 valence electrons. The largest absolute Gasteiger partial charge is 0.317 e. The molecular weight excluding hydrogens is 262 g/mol. The Labute approximate surface area is 117 Å². The van der Waals surface area contributed by atoms with Gasteiger partial charge in [0.15, 0.2) is 0 Å². The first-order valence-corrected chi connectivity index (χ1v) is 8.19. The third-order valence-corrected chi connectivity index (χ3v) is 3.32. The lowest BCUT2D eigenvalue weighted by molar-refractivity contribution is 0.483. The smallest absolute Gasteiger partial charge is 0.294 e. The predicted molar refractivity (Wildman–Crippen MR) is 78.9 cm³/mol. The van der Waals surface area contributed by atoms with Crippen LogP contribution < -0.4 is 5.32 Å². The van der Waals surface area contributed by atoms with Gasteiger partial charge >= 0.3 is 0 Å². The summed E-state index contributed by atoms with van der Waals surface area (Å²) in [6, 6.07) is 7.42. The molecule has 19 heavy (non-hydrogen) atoms. The lowest BCUT2D eigenvalue weighted by Crippen LogP contribution is -2.15. The van der Waals surface area contributed by atoms with E-state index in [0.717, 1.165) is 0 Å². The van der Waals surface area contributed by atoms with E-state index in [0.29, 0.717) is 0 Å². The van der Waals surface area contributed by atoms with Gasteiger partial charge in [-0.3, -0.25) is 4.55 Å². The maximum absolute atomic E-state index is 10.4. The Hall–Kier alpha value is -0.910. The number of unbranched alkanes of at least 4 members (excludes halogenated alkanes) is 2. The van der Waals surface area contributed by atoms with Gasteiger partial charge in [-0.2, -0.15) is 8.42 Å². The molecule has 4 nitrogen and oxygen atoms in total. The average Bonchev–Trinajstić information content (AvgIpc) is 2.40. The Kier molecular flexibility index (Phi) is 10.4. The van der Waals surface area contributed by atoms with Crippen LogP contribution >= 0.6 is 0 Å². The molecule has 0 heterocycles. The van der Waals surface area contributed by atoms with E-state index < -0.39 is 10.1 Å². The van der Waals surface area contributed by atoms with E-state index in [1.165, 1.54) is 50.9 Å². The molecule has 0 spiro atoms. The van der Waals surface area contributed by atoms with Gasteiger partial charge in [0, 0.05) is 0 Å². The third-order valence-electron chi connectivity index (χ3n) is 2.46. The van der Waals surface area contributed by atoms with Gasteiger partial charge in [-0.1, -0.05) is 44.9 Å². The fraction of sp³-hybridized carbons (Fsp3) is 0.571. The topological polar surface area (TPSA) is 66.4 Å². The van der Waals surface area contributed by atoms with Crippen LogP contribution in [0, 0.1) is 0 Å². The number of nitrogens with one attached hydrogen (secondary N) is 1. The molecule has 0 aliphatic heterocycles. The van der Waals surface area contributed by atoms with E-state index in [4.69, 9.17) is 4.55 Å². The molecule has 1 rings (SSSR count). The monoisotopic (exact) mass is 287 g/mol. The van der Waals surface area contributed by atoms with Gasteiger partial charge in [-0.05, 0) is 38.1 Å². The summed E-state index contributed by atoms with van der Waals surface area (Å²) in [6.45, 7) is 6.86. The van der Waals surface area contributed by atoms with Crippen LogP contribution in [-0.4, -0.2) is 26.1 Å². The number of benzene rings is 1. The Morgan fingerprint density at radius 1 is 1.00 bits per heavy atom. The molecule has 0 saturated heterocycles. The standard InChI is InChI=1S/C8H19N.C6H6O3S/c1-3-5-7-9-8-6-4-2;7-10(8,9)6-4-2-1-3-5-6/h9H,3-8H2,1-2H3;1-5H,(H,7,8,9). The maximum Gasteiger partial charge on any atom is 0.294 e. The van der Waals surface area contributed by atoms with Crippen molar-refractivity contribution >= 4 is 10.1 Å². The molecule has 0 atom stereocenters. The van der Waals surface area contributed by atoms with Crippen LogP contribution in [0.4, 0.5) is 0 Å². The molecule has 0 saturated carbocycles. The molecule has 0 aliphatic carbocycles. The summed E-state index contributed by atoms with van der Waals surface area (Å²) < 4.78 is 29.2. The molecule has 2 N–H and O–H groups in total. The molecule has 0 amide bonds. The van der Waals surface area contributed by atoms with Crippen molar-refractivity contribution in [2.45, 2.75) is 44.4 Å². The van der Waals surface area contributed by atoms with Crippen molar-refractivity contribution in [2.75, 3.05) is 13.1 Å². The zero-order valence-corrected chi connectivity index (χ0v) is 12.6. The SMILES string of the molecule is CCCCNCCCC.O=S(=O)(O)c1ccccc1. The second-order valence-corrected chi connectivity index (χ2v) is 5.67. The molecule has 0 aliphatic rings. The Morgan fingerprint density at radius 2 is 1.47 bits per heavy atom. The maximum atomic E-state index is 10.4. The minimum absolute atomic E-state index is 0.0741. The highest BCUT2D eigenvalue weighted by atomic mass is 32.2. The Morgan fingerprint density at radius 3 is 1.79 bits per heavy atom. The summed E-state index contributed by atoms with van der Waals surface area (Å²) in [7, 11) is -4.00. The summed E-state index contributed by atoms with van der Waals surface area (Å²) >= 11 is 0. The fourth-order valence-electron chi connectivity index (χ4n) is 1.32. The first-order chi connectivity index (χ1) is 9.02. The number of hydrogen-bond acceptors (Lipinski definition) is 3. The van der Waals surface area contributed by atoms with E-state index in [1.54, 1.807) is 18.2 Å². The predicted octanol–water partition coefficient (Wildman–Crippen LogP) is 3.11. The molecule has 0 bridgehead atoms. The first kappa shape index (κ1) is 18.1. The highest BCUT2D eigenvalue weighted by molar-refractivity contribution is 7.85. The number of hydrogen-bond donors (Lipinski definition) is 2. The highest BCUT2D eigenvalue weighted by Crippen LogP contribution is 2.05. The lowest BCUT2D eigenvalue weighted by atomic mass is 10.3. The summed E-state index contributed by atoms with van der Waals surface area (Å²) in [4.78, 5) is -0.0741. The van der Waals surface area contributed by atoms with Crippen molar-refractivity contribution < 1.29 is 13.0 Å². The van der Waals surface area contributed by atoms with Crippen molar-refractivity contribution in [2.24, 2.45) is 0 Å². The Bertz CT molecular complexity index is 398. The van der Waals surface area contributed by atoms with Gasteiger partial charge in [0.25, 0.3) is 10.1 Å². The van der Waals surface area contributed by atoms with E-state index >= 15 is 0 Å². The highest BCUT2D eigenvalue weighted by Gasteiger charge is 2.05. The van der Waals surface area contributed by atoms with Crippen LogP contribution in [0.15, 0.2) is 35.2 Å². The van der Waals surface area contributed by atoms with E-state index in [-0.39, 0.29) is 4.90 Å². The van der Waals surface area contributed by atoms with E-state index in [9.17, 15) is 8.42 Å². The van der Waals surface area contributed by atoms with Crippen molar-refractivity contribution in [1.29, 1.82) is 0 Å². The molecule has 5 heteroatoms. The van der Waals surface area contributed by atoms with Crippen LogP contribution in [0.2, 0.25) is 0 Å². The van der Waals surface area contributed by atoms with Gasteiger partial charge in [-0.25, -0.2) is 0 Å². The summed E-state index contributed by atoms with van der Waals surface area (Å²) in [5, 5.41) is 3.39. The molecule has 0 unspecified atom stereocenters. The van der Waals surface area contributed by atoms with Gasteiger partial charge in [0.1, 0.15) is 0 Å². The lowest BCUT2D eigenvalue weighted by Gasteiger charge is -1.99. The summed E-state index contributed by atoms with van der Waals surface area (Å²) in [5.41, 5.74) is 0. The second-order valence-electron chi connectivity index (χ2n) is 4.25. The fourth-order valence-corrected chi connectivity index (χ4v) is 1.82. The molecule has 0 aromatic heterocycles. The Balaban J connectivity index is 0.000000344. The minimum Gasteiger partial charge on any atom is -0.317 e. The van der Waals surface area contributed by atoms with Crippen molar-refractivity contribution in [3.05, 3.63) is 30.3 Å². The molecule has 0 radical (unpaired) electrons. The van der Waals surface area contributed by atoms with Crippen LogP contribution in [0.3, 0.4) is 0 Å². The minimum atomic E-state index is -4.00. The van der Waals surface area contributed by atoms with Gasteiger partial charge in [-0.15, -0.1) is 0 Å². The van der Waals surface area contributed by atoms with Crippen LogP contribution in [-0.2, 0) is 10.1 Å². The van der Waals surface area contributed by atoms with Gasteiger partial charge in [0.05, 0.1) is 4.90 Å². The third kappa shape index (κ3) is 10.7. The van der Waals surface area contributed by atoms with E-state index in [1.807, 2.05) is 0 Å². The first-order valence-electron chi connectivity index (χ1n) is 6.75. The summed E-state index contributed by atoms with van der Waals surface area (Å²) in [5.74, 6) is 0. The normalized spacial score (nSPS) is 10.7. The molecule has 1 aromatic rings. The van der Waals surface area contributed by atoms with Gasteiger partial charge in [0.2, 0.25) is 0 Å².